The van der Waals surface area contributed by atoms with E-state index in [9.17, 15) is 5.11 Å². The van der Waals surface area contributed by atoms with Gasteiger partial charge in [0.2, 0.25) is 0 Å². The summed E-state index contributed by atoms with van der Waals surface area (Å²) in [6.07, 6.45) is 17.1. The molecule has 96 valence electrons. The van der Waals surface area contributed by atoms with Gasteiger partial charge >= 0.3 is 0 Å². The first-order valence-electron chi connectivity index (χ1n) is 7.05. The topological polar surface area (TPSA) is 20.2 Å². The van der Waals surface area contributed by atoms with Crippen LogP contribution in [-0.4, -0.2) is 15.3 Å². The standard InChI is InChI=1S/C15H24OS/c1-2-3-4-5-6-7-8-9-13-10-11-15(16)14(12-13)17-15/h10-12,14,16H,2-9H2,1H3. The van der Waals surface area contributed by atoms with Crippen LogP contribution < -0.4 is 0 Å². The molecule has 0 aromatic heterocycles. The molecule has 2 rings (SSSR count). The first-order chi connectivity index (χ1) is 8.24. The van der Waals surface area contributed by atoms with E-state index in [1.807, 2.05) is 6.08 Å². The van der Waals surface area contributed by atoms with Gasteiger partial charge in [0.05, 0.1) is 5.25 Å². The van der Waals surface area contributed by atoms with E-state index in [4.69, 9.17) is 0 Å². The summed E-state index contributed by atoms with van der Waals surface area (Å²) >= 11 is 1.65. The molecule has 2 atom stereocenters. The Bertz CT molecular complexity index is 308. The number of unbranched alkanes of at least 4 members (excludes halogenated alkanes) is 6. The number of allylic oxidation sites excluding steroid dienone is 2. The average molecular weight is 252 g/mol. The summed E-state index contributed by atoms with van der Waals surface area (Å²) in [6.45, 7) is 2.26. The van der Waals surface area contributed by atoms with E-state index in [2.05, 4.69) is 19.1 Å². The smallest absolute Gasteiger partial charge is 0.145 e. The summed E-state index contributed by atoms with van der Waals surface area (Å²) in [5.74, 6) is 0. The molecule has 0 amide bonds. The van der Waals surface area contributed by atoms with Gasteiger partial charge < -0.3 is 5.11 Å². The largest absolute Gasteiger partial charge is 0.374 e. The van der Waals surface area contributed by atoms with Crippen LogP contribution in [0.25, 0.3) is 0 Å². The van der Waals surface area contributed by atoms with Gasteiger partial charge in [-0.3, -0.25) is 0 Å². The fourth-order valence-corrected chi connectivity index (χ4v) is 3.26. The predicted octanol–water partition coefficient (Wildman–Crippen LogP) is 4.43. The fourth-order valence-electron chi connectivity index (χ4n) is 2.39. The second kappa shape index (κ2) is 6.10. The molecular formula is C15H24OS. The van der Waals surface area contributed by atoms with Crippen LogP contribution in [0.4, 0.5) is 0 Å². The van der Waals surface area contributed by atoms with Gasteiger partial charge in [-0.25, -0.2) is 0 Å². The minimum absolute atomic E-state index is 0.354. The first-order valence-corrected chi connectivity index (χ1v) is 7.93. The van der Waals surface area contributed by atoms with Crippen LogP contribution in [0, 0.1) is 0 Å². The maximum Gasteiger partial charge on any atom is 0.145 e. The van der Waals surface area contributed by atoms with Crippen LogP contribution in [0.3, 0.4) is 0 Å². The summed E-state index contributed by atoms with van der Waals surface area (Å²) in [5.41, 5.74) is 1.43. The highest BCUT2D eigenvalue weighted by Gasteiger charge is 2.52. The maximum atomic E-state index is 9.79. The molecule has 1 N–H and O–H groups in total. The third kappa shape index (κ3) is 3.89. The minimum atomic E-state index is -0.524. The molecule has 2 aliphatic rings. The lowest BCUT2D eigenvalue weighted by atomic mass is 9.99. The van der Waals surface area contributed by atoms with Gasteiger partial charge in [-0.2, -0.15) is 0 Å². The van der Waals surface area contributed by atoms with E-state index >= 15 is 0 Å². The van der Waals surface area contributed by atoms with Crippen LogP contribution >= 0.6 is 11.8 Å². The Morgan fingerprint density at radius 1 is 1.18 bits per heavy atom. The second-order valence-electron chi connectivity index (χ2n) is 5.24. The van der Waals surface area contributed by atoms with Crippen molar-refractivity contribution in [2.24, 2.45) is 0 Å². The Kier molecular flexibility index (Phi) is 4.75. The molecule has 1 heterocycles. The molecule has 0 aromatic rings. The van der Waals surface area contributed by atoms with Crippen molar-refractivity contribution in [3.8, 4) is 0 Å². The Morgan fingerprint density at radius 3 is 2.59 bits per heavy atom. The summed E-state index contributed by atoms with van der Waals surface area (Å²) in [6, 6.07) is 0. The highest BCUT2D eigenvalue weighted by atomic mass is 32.2. The van der Waals surface area contributed by atoms with Gasteiger partial charge in [-0.05, 0) is 18.9 Å². The van der Waals surface area contributed by atoms with Crippen LogP contribution in [0.5, 0.6) is 0 Å². The summed E-state index contributed by atoms with van der Waals surface area (Å²) in [7, 11) is 0. The number of hydrogen-bond donors (Lipinski definition) is 1. The van der Waals surface area contributed by atoms with Gasteiger partial charge in [0, 0.05) is 0 Å². The van der Waals surface area contributed by atoms with E-state index < -0.39 is 4.93 Å². The number of rotatable bonds is 8. The molecule has 0 spiro atoms. The minimum Gasteiger partial charge on any atom is -0.374 e. The van der Waals surface area contributed by atoms with Crippen molar-refractivity contribution < 1.29 is 5.11 Å². The highest BCUT2D eigenvalue weighted by molar-refractivity contribution is 8.08. The monoisotopic (exact) mass is 252 g/mol. The van der Waals surface area contributed by atoms with Gasteiger partial charge in [-0.15, -0.1) is 11.8 Å². The normalized spacial score (nSPS) is 30.0. The number of aliphatic hydroxyl groups is 1. The van der Waals surface area contributed by atoms with Crippen LogP contribution in [0.15, 0.2) is 23.8 Å². The van der Waals surface area contributed by atoms with E-state index in [0.717, 1.165) is 0 Å². The molecule has 1 aliphatic carbocycles. The zero-order valence-corrected chi connectivity index (χ0v) is 11.6. The van der Waals surface area contributed by atoms with Gasteiger partial charge in [-0.1, -0.05) is 63.2 Å². The van der Waals surface area contributed by atoms with Crippen molar-refractivity contribution in [2.45, 2.75) is 68.5 Å². The molecular weight excluding hydrogens is 228 g/mol. The molecule has 1 fully saturated rings. The highest BCUT2D eigenvalue weighted by Crippen LogP contribution is 2.55. The second-order valence-corrected chi connectivity index (χ2v) is 6.63. The van der Waals surface area contributed by atoms with E-state index in [0.29, 0.717) is 5.25 Å². The fraction of sp³-hybridized carbons (Fsp3) is 0.733. The molecule has 2 heteroatoms. The Morgan fingerprint density at radius 2 is 1.88 bits per heavy atom. The lowest BCUT2D eigenvalue weighted by molar-refractivity contribution is 0.228. The third-order valence-corrected chi connectivity index (χ3v) is 4.90. The molecule has 1 saturated heterocycles. The molecule has 2 unspecified atom stereocenters. The molecule has 17 heavy (non-hydrogen) atoms. The zero-order chi connectivity index (χ0) is 12.1. The van der Waals surface area contributed by atoms with Crippen LogP contribution in [-0.2, 0) is 0 Å². The molecule has 1 nitrogen and oxygen atoms in total. The lowest BCUT2D eigenvalue weighted by Gasteiger charge is -2.09. The maximum absolute atomic E-state index is 9.79. The number of fused-ring (bicyclic) bond motifs is 1. The van der Waals surface area contributed by atoms with Gasteiger partial charge in [0.25, 0.3) is 0 Å². The van der Waals surface area contributed by atoms with Crippen molar-refractivity contribution >= 4 is 11.8 Å². The molecule has 0 saturated carbocycles. The van der Waals surface area contributed by atoms with Crippen LogP contribution in [0.2, 0.25) is 0 Å². The van der Waals surface area contributed by atoms with Crippen molar-refractivity contribution in [3.05, 3.63) is 23.8 Å². The van der Waals surface area contributed by atoms with E-state index in [1.54, 1.807) is 11.8 Å². The first kappa shape index (κ1) is 13.2. The Labute approximate surface area is 109 Å². The molecule has 1 aliphatic heterocycles. The Hall–Kier alpha value is -0.210. The van der Waals surface area contributed by atoms with Crippen molar-refractivity contribution in [2.75, 3.05) is 0 Å². The Balaban J connectivity index is 1.52. The summed E-state index contributed by atoms with van der Waals surface area (Å²) in [5, 5.41) is 10.1. The van der Waals surface area contributed by atoms with Crippen molar-refractivity contribution in [1.29, 1.82) is 0 Å². The van der Waals surface area contributed by atoms with E-state index in [1.165, 1.54) is 56.9 Å². The summed E-state index contributed by atoms with van der Waals surface area (Å²) < 4.78 is 0. The van der Waals surface area contributed by atoms with Crippen molar-refractivity contribution in [1.82, 2.24) is 0 Å². The van der Waals surface area contributed by atoms with Crippen LogP contribution in [0.1, 0.15) is 58.3 Å². The van der Waals surface area contributed by atoms with Crippen molar-refractivity contribution in [3.63, 3.8) is 0 Å². The zero-order valence-electron chi connectivity index (χ0n) is 10.8. The molecule has 0 radical (unpaired) electrons. The van der Waals surface area contributed by atoms with Gasteiger partial charge in [0.1, 0.15) is 4.93 Å². The molecule has 0 aromatic carbocycles. The average Bonchev–Trinajstić information content (AvgIpc) is 2.99. The molecule has 0 bridgehead atoms. The summed E-state index contributed by atoms with van der Waals surface area (Å²) in [4.78, 5) is -0.524. The number of hydrogen-bond acceptors (Lipinski definition) is 2. The third-order valence-electron chi connectivity index (χ3n) is 3.64. The van der Waals surface area contributed by atoms with Gasteiger partial charge in [0.15, 0.2) is 0 Å². The van der Waals surface area contributed by atoms with E-state index in [-0.39, 0.29) is 0 Å². The lowest BCUT2D eigenvalue weighted by Crippen LogP contribution is -2.11. The number of thioether (sulfide) groups is 1. The quantitative estimate of drug-likeness (QED) is 0.509. The SMILES string of the molecule is CCCCCCCCCC1=CC2SC2(O)C=C1. The predicted molar refractivity (Wildman–Crippen MR) is 76.2 cm³/mol.